The molecule has 1 atom stereocenters. The SMILES string of the molecule is CC(C)NC(=O)c1ccc([C@@H]2SCC(=O)N2Cc2ccc(Cl)cc2)cc1. The molecule has 26 heavy (non-hydrogen) atoms. The Morgan fingerprint density at radius 2 is 1.85 bits per heavy atom. The summed E-state index contributed by atoms with van der Waals surface area (Å²) in [5.74, 6) is 0.504. The smallest absolute Gasteiger partial charge is 0.251 e. The number of halogens is 1. The van der Waals surface area contributed by atoms with Crippen LogP contribution in [0.25, 0.3) is 0 Å². The summed E-state index contributed by atoms with van der Waals surface area (Å²) in [7, 11) is 0. The standard InChI is InChI=1S/C20H21ClN2O2S/c1-13(2)22-19(25)15-5-7-16(8-6-15)20-23(18(24)12-26-20)11-14-3-9-17(21)10-4-14/h3-10,13,20H,11-12H2,1-2H3,(H,22,25)/t20-/m0/s1. The summed E-state index contributed by atoms with van der Waals surface area (Å²) in [6, 6.07) is 15.1. The van der Waals surface area contributed by atoms with Gasteiger partial charge in [-0.2, -0.15) is 0 Å². The molecule has 2 amide bonds. The number of carbonyl (C=O) groups excluding carboxylic acids is 2. The van der Waals surface area contributed by atoms with Crippen LogP contribution in [0.2, 0.25) is 5.02 Å². The number of benzene rings is 2. The Hall–Kier alpha value is -1.98. The van der Waals surface area contributed by atoms with Crippen LogP contribution in [0.4, 0.5) is 0 Å². The Kier molecular flexibility index (Phi) is 5.89. The van der Waals surface area contributed by atoms with E-state index >= 15 is 0 Å². The molecule has 136 valence electrons. The molecule has 1 aliphatic heterocycles. The van der Waals surface area contributed by atoms with Crippen LogP contribution in [0, 0.1) is 0 Å². The molecular formula is C20H21ClN2O2S. The fraction of sp³-hybridized carbons (Fsp3) is 0.300. The van der Waals surface area contributed by atoms with Crippen molar-refractivity contribution in [3.63, 3.8) is 0 Å². The minimum atomic E-state index is -0.0836. The molecule has 3 rings (SSSR count). The van der Waals surface area contributed by atoms with Gasteiger partial charge in [-0.25, -0.2) is 0 Å². The molecule has 0 unspecified atom stereocenters. The Bertz CT molecular complexity index is 790. The van der Waals surface area contributed by atoms with Crippen molar-refractivity contribution in [3.8, 4) is 0 Å². The Morgan fingerprint density at radius 3 is 2.46 bits per heavy atom. The van der Waals surface area contributed by atoms with Crippen LogP contribution in [-0.2, 0) is 11.3 Å². The van der Waals surface area contributed by atoms with Crippen molar-refractivity contribution >= 4 is 35.2 Å². The van der Waals surface area contributed by atoms with Crippen LogP contribution in [0.5, 0.6) is 0 Å². The number of nitrogens with zero attached hydrogens (tertiary/aromatic N) is 1. The quantitative estimate of drug-likeness (QED) is 0.832. The van der Waals surface area contributed by atoms with Gasteiger partial charge in [0.2, 0.25) is 5.91 Å². The largest absolute Gasteiger partial charge is 0.350 e. The summed E-state index contributed by atoms with van der Waals surface area (Å²) in [5, 5.41) is 3.52. The molecule has 1 N–H and O–H groups in total. The maximum absolute atomic E-state index is 12.3. The first-order chi connectivity index (χ1) is 12.4. The van der Waals surface area contributed by atoms with Gasteiger partial charge in [-0.15, -0.1) is 11.8 Å². The minimum Gasteiger partial charge on any atom is -0.350 e. The van der Waals surface area contributed by atoms with Crippen molar-refractivity contribution in [1.29, 1.82) is 0 Å². The van der Waals surface area contributed by atoms with E-state index in [0.717, 1.165) is 11.1 Å². The maximum Gasteiger partial charge on any atom is 0.251 e. The fourth-order valence-corrected chi connectivity index (χ4v) is 4.15. The van der Waals surface area contributed by atoms with Crippen LogP contribution in [0.15, 0.2) is 48.5 Å². The Balaban J connectivity index is 1.75. The van der Waals surface area contributed by atoms with E-state index in [1.54, 1.807) is 11.8 Å². The summed E-state index contributed by atoms with van der Waals surface area (Å²) in [4.78, 5) is 26.3. The van der Waals surface area contributed by atoms with Crippen molar-refractivity contribution in [2.45, 2.75) is 31.8 Å². The lowest BCUT2D eigenvalue weighted by molar-refractivity contribution is -0.128. The number of carbonyl (C=O) groups is 2. The zero-order chi connectivity index (χ0) is 18.7. The van der Waals surface area contributed by atoms with Gasteiger partial charge in [0, 0.05) is 23.2 Å². The van der Waals surface area contributed by atoms with Crippen LogP contribution in [0.3, 0.4) is 0 Å². The second-order valence-electron chi connectivity index (χ2n) is 6.56. The van der Waals surface area contributed by atoms with E-state index in [1.165, 1.54) is 0 Å². The van der Waals surface area contributed by atoms with Gasteiger partial charge in [-0.05, 0) is 49.2 Å². The van der Waals surface area contributed by atoms with Gasteiger partial charge in [0.1, 0.15) is 5.37 Å². The van der Waals surface area contributed by atoms with Crippen molar-refractivity contribution in [1.82, 2.24) is 10.2 Å². The number of amides is 2. The number of nitrogens with one attached hydrogen (secondary N) is 1. The van der Waals surface area contributed by atoms with Crippen molar-refractivity contribution in [3.05, 3.63) is 70.2 Å². The topological polar surface area (TPSA) is 49.4 Å². The first kappa shape index (κ1) is 18.8. The average molecular weight is 389 g/mol. The molecule has 4 nitrogen and oxygen atoms in total. The summed E-state index contributed by atoms with van der Waals surface area (Å²) < 4.78 is 0. The lowest BCUT2D eigenvalue weighted by atomic mass is 10.1. The molecule has 1 aliphatic rings. The van der Waals surface area contributed by atoms with E-state index < -0.39 is 0 Å². The van der Waals surface area contributed by atoms with E-state index in [2.05, 4.69) is 5.32 Å². The monoisotopic (exact) mass is 388 g/mol. The van der Waals surface area contributed by atoms with Gasteiger partial charge in [-0.1, -0.05) is 35.9 Å². The zero-order valence-electron chi connectivity index (χ0n) is 14.7. The maximum atomic E-state index is 12.3. The summed E-state index contributed by atoms with van der Waals surface area (Å²) in [6.45, 7) is 4.41. The molecule has 1 heterocycles. The first-order valence-corrected chi connectivity index (χ1v) is 9.93. The third kappa shape index (κ3) is 4.40. The lowest BCUT2D eigenvalue weighted by Crippen LogP contribution is -2.30. The predicted octanol–water partition coefficient (Wildman–Crippen LogP) is 4.25. The minimum absolute atomic E-state index is 0.0413. The molecule has 0 spiro atoms. The predicted molar refractivity (Wildman–Crippen MR) is 106 cm³/mol. The van der Waals surface area contributed by atoms with Crippen LogP contribution < -0.4 is 5.32 Å². The summed E-state index contributed by atoms with van der Waals surface area (Å²) >= 11 is 7.54. The van der Waals surface area contributed by atoms with Crippen molar-refractivity contribution < 1.29 is 9.59 Å². The molecule has 6 heteroatoms. The molecule has 0 radical (unpaired) electrons. The second kappa shape index (κ2) is 8.14. The van der Waals surface area contributed by atoms with Crippen LogP contribution in [0.1, 0.15) is 40.7 Å². The highest BCUT2D eigenvalue weighted by Crippen LogP contribution is 2.39. The highest BCUT2D eigenvalue weighted by Gasteiger charge is 2.32. The molecular weight excluding hydrogens is 368 g/mol. The summed E-state index contributed by atoms with van der Waals surface area (Å²) in [5.41, 5.74) is 2.69. The van der Waals surface area contributed by atoms with E-state index in [0.29, 0.717) is 22.9 Å². The van der Waals surface area contributed by atoms with Gasteiger partial charge in [0.05, 0.1) is 5.75 Å². The van der Waals surface area contributed by atoms with Gasteiger partial charge in [0.15, 0.2) is 0 Å². The molecule has 0 saturated carbocycles. The highest BCUT2D eigenvalue weighted by molar-refractivity contribution is 8.00. The fourth-order valence-electron chi connectivity index (χ4n) is 2.83. The van der Waals surface area contributed by atoms with Crippen molar-refractivity contribution in [2.24, 2.45) is 0 Å². The average Bonchev–Trinajstić information content (AvgIpc) is 2.97. The van der Waals surface area contributed by atoms with Gasteiger partial charge in [-0.3, -0.25) is 9.59 Å². The number of hydrogen-bond donors (Lipinski definition) is 1. The van der Waals surface area contributed by atoms with Gasteiger partial charge < -0.3 is 10.2 Å². The Morgan fingerprint density at radius 1 is 1.19 bits per heavy atom. The molecule has 2 aromatic rings. The second-order valence-corrected chi connectivity index (χ2v) is 8.07. The molecule has 0 aromatic heterocycles. The normalized spacial score (nSPS) is 17.0. The molecule has 0 aliphatic carbocycles. The number of hydrogen-bond acceptors (Lipinski definition) is 3. The third-order valence-electron chi connectivity index (χ3n) is 4.11. The van der Waals surface area contributed by atoms with Gasteiger partial charge in [0.25, 0.3) is 5.91 Å². The van der Waals surface area contributed by atoms with E-state index in [4.69, 9.17) is 11.6 Å². The number of thioether (sulfide) groups is 1. The Labute approximate surface area is 162 Å². The molecule has 2 aromatic carbocycles. The highest BCUT2D eigenvalue weighted by atomic mass is 35.5. The van der Waals surface area contributed by atoms with Crippen molar-refractivity contribution in [2.75, 3.05) is 5.75 Å². The zero-order valence-corrected chi connectivity index (χ0v) is 16.3. The third-order valence-corrected chi connectivity index (χ3v) is 5.62. The molecule has 0 bridgehead atoms. The molecule has 1 saturated heterocycles. The van der Waals surface area contributed by atoms with Crippen LogP contribution >= 0.6 is 23.4 Å². The summed E-state index contributed by atoms with van der Waals surface area (Å²) in [6.07, 6.45) is 0. The molecule has 1 fully saturated rings. The van der Waals surface area contributed by atoms with E-state index in [-0.39, 0.29) is 23.2 Å². The number of rotatable bonds is 5. The van der Waals surface area contributed by atoms with Crippen LogP contribution in [-0.4, -0.2) is 28.5 Å². The van der Waals surface area contributed by atoms with Gasteiger partial charge >= 0.3 is 0 Å². The first-order valence-electron chi connectivity index (χ1n) is 8.50. The van der Waals surface area contributed by atoms with E-state index in [9.17, 15) is 9.59 Å². The lowest BCUT2D eigenvalue weighted by Gasteiger charge is -2.24. The van der Waals surface area contributed by atoms with E-state index in [1.807, 2.05) is 67.3 Å².